The van der Waals surface area contributed by atoms with Gasteiger partial charge in [0.25, 0.3) is 0 Å². The molecule has 5 heteroatoms. The number of carbonyl (C=O) groups excluding carboxylic acids is 2. The number of aryl methyl sites for hydroxylation is 1. The van der Waals surface area contributed by atoms with Gasteiger partial charge in [0.1, 0.15) is 6.04 Å². The van der Waals surface area contributed by atoms with E-state index in [0.29, 0.717) is 6.42 Å². The molecule has 2 aliphatic rings. The third-order valence-electron chi connectivity index (χ3n) is 4.84. The van der Waals surface area contributed by atoms with E-state index >= 15 is 0 Å². The van der Waals surface area contributed by atoms with Gasteiger partial charge in [0, 0.05) is 30.0 Å². The zero-order chi connectivity index (χ0) is 17.2. The normalized spacial score (nSPS) is 20.0. The first-order valence-electron chi connectivity index (χ1n) is 8.76. The highest BCUT2D eigenvalue weighted by molar-refractivity contribution is 6.01. The molecule has 0 spiro atoms. The second kappa shape index (κ2) is 6.59. The standard InChI is InChI=1S/C20H21N3O2/c24-19-8-4-5-14-13-15(9-10-17(14)22-19)21-18-11-12-23(20(18)25)16-6-2-1-3-7-16/h1-3,6-7,9-10,13,18,21H,4-5,8,11-12H2,(H,22,24)/t18-/m0/s1. The summed E-state index contributed by atoms with van der Waals surface area (Å²) in [5, 5.41) is 6.31. The monoisotopic (exact) mass is 335 g/mol. The van der Waals surface area contributed by atoms with Crippen LogP contribution in [0.25, 0.3) is 0 Å². The predicted molar refractivity (Wildman–Crippen MR) is 98.8 cm³/mol. The van der Waals surface area contributed by atoms with Gasteiger partial charge in [-0.05, 0) is 55.2 Å². The van der Waals surface area contributed by atoms with E-state index in [4.69, 9.17) is 0 Å². The van der Waals surface area contributed by atoms with Crippen molar-refractivity contribution in [3.63, 3.8) is 0 Å². The molecule has 1 atom stereocenters. The predicted octanol–water partition coefficient (Wildman–Crippen LogP) is 3.18. The molecule has 2 aromatic rings. The lowest BCUT2D eigenvalue weighted by molar-refractivity contribution is -0.118. The Labute approximate surface area is 147 Å². The SMILES string of the molecule is O=C1CCCc2cc(N[C@H]3CCN(c4ccccc4)C3=O)ccc2N1. The number of rotatable bonds is 3. The van der Waals surface area contributed by atoms with Gasteiger partial charge in [-0.2, -0.15) is 0 Å². The fourth-order valence-corrected chi connectivity index (χ4v) is 3.54. The molecule has 0 unspecified atom stereocenters. The maximum absolute atomic E-state index is 12.7. The van der Waals surface area contributed by atoms with Gasteiger partial charge in [-0.15, -0.1) is 0 Å². The zero-order valence-electron chi connectivity index (χ0n) is 14.0. The summed E-state index contributed by atoms with van der Waals surface area (Å²) in [6.45, 7) is 0.724. The number of anilines is 3. The van der Waals surface area contributed by atoms with E-state index in [1.165, 1.54) is 0 Å². The van der Waals surface area contributed by atoms with Gasteiger partial charge in [0.15, 0.2) is 0 Å². The molecule has 0 aromatic heterocycles. The highest BCUT2D eigenvalue weighted by Gasteiger charge is 2.32. The Hall–Kier alpha value is -2.82. The Morgan fingerprint density at radius 2 is 1.88 bits per heavy atom. The molecule has 0 saturated carbocycles. The van der Waals surface area contributed by atoms with Crippen LogP contribution in [0.4, 0.5) is 17.1 Å². The molecule has 4 rings (SSSR count). The molecule has 2 aliphatic heterocycles. The van der Waals surface area contributed by atoms with Crippen LogP contribution in [0.5, 0.6) is 0 Å². The van der Waals surface area contributed by atoms with Crippen molar-refractivity contribution in [1.29, 1.82) is 0 Å². The van der Waals surface area contributed by atoms with Crippen molar-refractivity contribution in [3.05, 3.63) is 54.1 Å². The summed E-state index contributed by atoms with van der Waals surface area (Å²) in [5.41, 5.74) is 3.89. The number of nitrogens with zero attached hydrogens (tertiary/aromatic N) is 1. The summed E-state index contributed by atoms with van der Waals surface area (Å²) >= 11 is 0. The fraction of sp³-hybridized carbons (Fsp3) is 0.300. The molecule has 128 valence electrons. The van der Waals surface area contributed by atoms with Crippen molar-refractivity contribution in [3.8, 4) is 0 Å². The van der Waals surface area contributed by atoms with E-state index < -0.39 is 0 Å². The average Bonchev–Trinajstić information content (AvgIpc) is 2.87. The first-order valence-corrected chi connectivity index (χ1v) is 8.76. The van der Waals surface area contributed by atoms with E-state index in [1.807, 2.05) is 47.4 Å². The minimum absolute atomic E-state index is 0.0731. The summed E-state index contributed by atoms with van der Waals surface area (Å²) in [7, 11) is 0. The molecule has 2 N–H and O–H groups in total. The van der Waals surface area contributed by atoms with Crippen LogP contribution >= 0.6 is 0 Å². The van der Waals surface area contributed by atoms with Crippen molar-refractivity contribution < 1.29 is 9.59 Å². The maximum atomic E-state index is 12.7. The van der Waals surface area contributed by atoms with Gasteiger partial charge in [-0.3, -0.25) is 9.59 Å². The summed E-state index contributed by atoms with van der Waals surface area (Å²) in [5.74, 6) is 0.179. The smallest absolute Gasteiger partial charge is 0.249 e. The van der Waals surface area contributed by atoms with E-state index in [9.17, 15) is 9.59 Å². The van der Waals surface area contributed by atoms with Gasteiger partial charge >= 0.3 is 0 Å². The number of hydrogen-bond donors (Lipinski definition) is 2. The molecule has 5 nitrogen and oxygen atoms in total. The van der Waals surface area contributed by atoms with Crippen LogP contribution in [-0.2, 0) is 16.0 Å². The number of benzene rings is 2. The lowest BCUT2D eigenvalue weighted by atomic mass is 10.1. The van der Waals surface area contributed by atoms with Crippen molar-refractivity contribution >= 4 is 28.9 Å². The molecule has 2 amide bonds. The topological polar surface area (TPSA) is 61.4 Å². The molecule has 2 heterocycles. The molecule has 0 aliphatic carbocycles. The van der Waals surface area contributed by atoms with E-state index in [-0.39, 0.29) is 17.9 Å². The van der Waals surface area contributed by atoms with E-state index in [1.54, 1.807) is 0 Å². The third-order valence-corrected chi connectivity index (χ3v) is 4.84. The number of para-hydroxylation sites is 1. The Morgan fingerprint density at radius 1 is 1.04 bits per heavy atom. The number of nitrogens with one attached hydrogen (secondary N) is 2. The minimum atomic E-state index is -0.210. The number of carbonyl (C=O) groups is 2. The molecule has 25 heavy (non-hydrogen) atoms. The minimum Gasteiger partial charge on any atom is -0.374 e. The Morgan fingerprint density at radius 3 is 2.72 bits per heavy atom. The Balaban J connectivity index is 1.49. The van der Waals surface area contributed by atoms with Crippen LogP contribution in [0.3, 0.4) is 0 Å². The van der Waals surface area contributed by atoms with E-state index in [0.717, 1.165) is 48.4 Å². The Kier molecular flexibility index (Phi) is 4.14. The Bertz CT molecular complexity index is 804. The molecular weight excluding hydrogens is 314 g/mol. The van der Waals surface area contributed by atoms with Crippen LogP contribution in [0.1, 0.15) is 24.8 Å². The average molecular weight is 335 g/mol. The van der Waals surface area contributed by atoms with Crippen molar-refractivity contribution in [1.82, 2.24) is 0 Å². The molecule has 2 aromatic carbocycles. The summed E-state index contributed by atoms with van der Waals surface area (Å²) in [6.07, 6.45) is 3.07. The fourth-order valence-electron chi connectivity index (χ4n) is 3.54. The highest BCUT2D eigenvalue weighted by Crippen LogP contribution is 2.28. The van der Waals surface area contributed by atoms with Crippen LogP contribution in [0.15, 0.2) is 48.5 Å². The van der Waals surface area contributed by atoms with Crippen LogP contribution < -0.4 is 15.5 Å². The first kappa shape index (κ1) is 15.7. The molecule has 1 fully saturated rings. The van der Waals surface area contributed by atoms with Crippen LogP contribution in [-0.4, -0.2) is 24.4 Å². The van der Waals surface area contributed by atoms with Crippen LogP contribution in [0, 0.1) is 0 Å². The van der Waals surface area contributed by atoms with Gasteiger partial charge in [0.2, 0.25) is 11.8 Å². The van der Waals surface area contributed by atoms with Gasteiger partial charge < -0.3 is 15.5 Å². The zero-order valence-corrected chi connectivity index (χ0v) is 14.0. The molecule has 1 saturated heterocycles. The largest absolute Gasteiger partial charge is 0.374 e. The quantitative estimate of drug-likeness (QED) is 0.906. The molecular formula is C20H21N3O2. The van der Waals surface area contributed by atoms with Crippen molar-refractivity contribution in [2.75, 3.05) is 22.1 Å². The molecule has 0 radical (unpaired) electrons. The van der Waals surface area contributed by atoms with Crippen molar-refractivity contribution in [2.24, 2.45) is 0 Å². The first-order chi connectivity index (χ1) is 12.2. The van der Waals surface area contributed by atoms with Gasteiger partial charge in [-0.1, -0.05) is 18.2 Å². The van der Waals surface area contributed by atoms with E-state index in [2.05, 4.69) is 16.7 Å². The second-order valence-electron chi connectivity index (χ2n) is 6.58. The lowest BCUT2D eigenvalue weighted by Crippen LogP contribution is -2.33. The summed E-state index contributed by atoms with van der Waals surface area (Å²) in [6, 6.07) is 15.5. The third kappa shape index (κ3) is 3.22. The highest BCUT2D eigenvalue weighted by atomic mass is 16.2. The summed E-state index contributed by atoms with van der Waals surface area (Å²) < 4.78 is 0. The van der Waals surface area contributed by atoms with Crippen molar-refractivity contribution in [2.45, 2.75) is 31.7 Å². The number of fused-ring (bicyclic) bond motifs is 1. The second-order valence-corrected chi connectivity index (χ2v) is 6.58. The summed E-state index contributed by atoms with van der Waals surface area (Å²) in [4.78, 5) is 26.2. The van der Waals surface area contributed by atoms with Gasteiger partial charge in [-0.25, -0.2) is 0 Å². The number of amides is 2. The number of hydrogen-bond acceptors (Lipinski definition) is 3. The maximum Gasteiger partial charge on any atom is 0.249 e. The molecule has 0 bridgehead atoms. The van der Waals surface area contributed by atoms with Crippen LogP contribution in [0.2, 0.25) is 0 Å². The van der Waals surface area contributed by atoms with Gasteiger partial charge in [0.05, 0.1) is 0 Å². The lowest BCUT2D eigenvalue weighted by Gasteiger charge is -2.18.